The summed E-state index contributed by atoms with van der Waals surface area (Å²) in [7, 11) is -2.68. The number of sulfonamides is 1. The fraction of sp³-hybridized carbons (Fsp3) is 0.222. The van der Waals surface area contributed by atoms with Crippen LogP contribution in [0.5, 0.6) is 0 Å². The number of benzene rings is 1. The second-order valence-corrected chi connectivity index (χ2v) is 7.26. The minimum absolute atomic E-state index is 0.0225. The maximum absolute atomic E-state index is 12.3. The zero-order valence-corrected chi connectivity index (χ0v) is 13.6. The van der Waals surface area contributed by atoms with Gasteiger partial charge in [-0.15, -0.1) is 0 Å². The van der Waals surface area contributed by atoms with E-state index in [4.69, 9.17) is 34.1 Å². The van der Waals surface area contributed by atoms with E-state index in [-0.39, 0.29) is 27.3 Å². The van der Waals surface area contributed by atoms with Crippen molar-refractivity contribution in [2.24, 2.45) is 10.9 Å². The molecular formula is C9H10BrCl2N3O3S. The van der Waals surface area contributed by atoms with Crippen LogP contribution < -0.4 is 5.73 Å². The fourth-order valence-corrected chi connectivity index (χ4v) is 4.29. The van der Waals surface area contributed by atoms with Crippen molar-refractivity contribution in [3.8, 4) is 0 Å². The van der Waals surface area contributed by atoms with Crippen LogP contribution in [0.25, 0.3) is 0 Å². The van der Waals surface area contributed by atoms with Crippen molar-refractivity contribution in [1.82, 2.24) is 4.31 Å². The largest absolute Gasteiger partial charge is 0.409 e. The Morgan fingerprint density at radius 3 is 2.37 bits per heavy atom. The van der Waals surface area contributed by atoms with Gasteiger partial charge in [0.25, 0.3) is 0 Å². The van der Waals surface area contributed by atoms with Gasteiger partial charge in [0.2, 0.25) is 10.0 Å². The van der Waals surface area contributed by atoms with Crippen molar-refractivity contribution in [1.29, 1.82) is 0 Å². The standard InChI is InChI=1S/C9H10BrCl2N3O3S/c1-15(4-8(13)14-16)19(17,18)9-6(11)2-5(10)3-7(9)12/h2-3,16H,4H2,1H3,(H2,13,14). The molecular weight excluding hydrogens is 381 g/mol. The van der Waals surface area contributed by atoms with Gasteiger partial charge in [-0.25, -0.2) is 8.42 Å². The van der Waals surface area contributed by atoms with E-state index in [0.29, 0.717) is 4.47 Å². The Hall–Kier alpha value is -0.540. The molecule has 1 aromatic rings. The monoisotopic (exact) mass is 389 g/mol. The average Bonchev–Trinajstić information content (AvgIpc) is 2.26. The van der Waals surface area contributed by atoms with Crippen molar-refractivity contribution in [3.63, 3.8) is 0 Å². The Bertz CT molecular complexity index is 598. The molecule has 0 heterocycles. The Kier molecular flexibility index (Phi) is 5.45. The third-order valence-corrected chi connectivity index (χ3v) is 5.33. The predicted octanol–water partition coefficient (Wildman–Crippen LogP) is 2.12. The number of halogens is 3. The van der Waals surface area contributed by atoms with Crippen LogP contribution in [0.2, 0.25) is 10.0 Å². The lowest BCUT2D eigenvalue weighted by Crippen LogP contribution is -2.35. The van der Waals surface area contributed by atoms with Crippen molar-refractivity contribution >= 4 is 55.0 Å². The number of likely N-dealkylation sites (N-methyl/N-ethyl adjacent to an activating group) is 1. The molecule has 3 N–H and O–H groups in total. The van der Waals surface area contributed by atoms with Crippen LogP contribution in [0, 0.1) is 0 Å². The van der Waals surface area contributed by atoms with Crippen LogP contribution in [0.15, 0.2) is 26.7 Å². The third-order valence-electron chi connectivity index (χ3n) is 2.14. The van der Waals surface area contributed by atoms with Gasteiger partial charge in [0, 0.05) is 11.5 Å². The van der Waals surface area contributed by atoms with Gasteiger partial charge in [-0.1, -0.05) is 44.3 Å². The lowest BCUT2D eigenvalue weighted by molar-refractivity contribution is 0.315. The van der Waals surface area contributed by atoms with Crippen molar-refractivity contribution in [3.05, 3.63) is 26.7 Å². The molecule has 10 heteroatoms. The molecule has 106 valence electrons. The van der Waals surface area contributed by atoms with E-state index in [1.54, 1.807) is 0 Å². The van der Waals surface area contributed by atoms with Gasteiger partial charge >= 0.3 is 0 Å². The molecule has 0 spiro atoms. The molecule has 0 amide bonds. The molecule has 1 rings (SSSR count). The van der Waals surface area contributed by atoms with Gasteiger partial charge in [0.1, 0.15) is 4.90 Å². The second kappa shape index (κ2) is 6.27. The lowest BCUT2D eigenvalue weighted by atomic mass is 10.4. The number of hydrogen-bond acceptors (Lipinski definition) is 4. The first-order chi connectivity index (χ1) is 8.70. The van der Waals surface area contributed by atoms with Gasteiger partial charge < -0.3 is 10.9 Å². The van der Waals surface area contributed by atoms with Crippen LogP contribution in [0.4, 0.5) is 0 Å². The Morgan fingerprint density at radius 1 is 1.47 bits per heavy atom. The Morgan fingerprint density at radius 2 is 1.95 bits per heavy atom. The number of nitrogens with zero attached hydrogens (tertiary/aromatic N) is 2. The molecule has 1 aromatic carbocycles. The van der Waals surface area contributed by atoms with E-state index in [1.807, 2.05) is 0 Å². The molecule has 19 heavy (non-hydrogen) atoms. The molecule has 0 aliphatic carbocycles. The number of oxime groups is 1. The summed E-state index contributed by atoms with van der Waals surface area (Å²) in [6.07, 6.45) is 0. The maximum Gasteiger partial charge on any atom is 0.246 e. The number of hydrogen-bond donors (Lipinski definition) is 2. The molecule has 0 fully saturated rings. The molecule has 0 atom stereocenters. The third kappa shape index (κ3) is 3.73. The van der Waals surface area contributed by atoms with Crippen LogP contribution in [-0.4, -0.2) is 37.4 Å². The van der Waals surface area contributed by atoms with Gasteiger partial charge in [0.05, 0.1) is 16.6 Å². The summed E-state index contributed by atoms with van der Waals surface area (Å²) in [6, 6.07) is 2.83. The van der Waals surface area contributed by atoms with E-state index in [0.717, 1.165) is 4.31 Å². The molecule has 6 nitrogen and oxygen atoms in total. The van der Waals surface area contributed by atoms with E-state index >= 15 is 0 Å². The highest BCUT2D eigenvalue weighted by atomic mass is 79.9. The van der Waals surface area contributed by atoms with Crippen molar-refractivity contribution in [2.45, 2.75) is 4.90 Å². The molecule has 0 bridgehead atoms. The van der Waals surface area contributed by atoms with E-state index in [1.165, 1.54) is 19.2 Å². The van der Waals surface area contributed by atoms with E-state index in [9.17, 15) is 8.42 Å². The van der Waals surface area contributed by atoms with Crippen LogP contribution >= 0.6 is 39.1 Å². The van der Waals surface area contributed by atoms with Gasteiger partial charge in [-0.05, 0) is 12.1 Å². The summed E-state index contributed by atoms with van der Waals surface area (Å²) in [6.45, 7) is -0.290. The van der Waals surface area contributed by atoms with E-state index < -0.39 is 10.0 Å². The van der Waals surface area contributed by atoms with Crippen LogP contribution in [0.3, 0.4) is 0 Å². The predicted molar refractivity (Wildman–Crippen MR) is 77.4 cm³/mol. The zero-order valence-electron chi connectivity index (χ0n) is 9.64. The lowest BCUT2D eigenvalue weighted by Gasteiger charge is -2.18. The maximum atomic E-state index is 12.3. The minimum atomic E-state index is -3.95. The number of nitrogens with two attached hydrogens (primary N) is 1. The summed E-state index contributed by atoms with van der Waals surface area (Å²) in [5.74, 6) is -0.254. The molecule has 0 aromatic heterocycles. The first-order valence-corrected chi connectivity index (χ1v) is 7.76. The van der Waals surface area contributed by atoms with Crippen molar-refractivity contribution < 1.29 is 13.6 Å². The smallest absolute Gasteiger partial charge is 0.246 e. The highest BCUT2D eigenvalue weighted by Gasteiger charge is 2.27. The van der Waals surface area contributed by atoms with Gasteiger partial charge in [0.15, 0.2) is 5.84 Å². The Labute approximate surface area is 129 Å². The minimum Gasteiger partial charge on any atom is -0.409 e. The summed E-state index contributed by atoms with van der Waals surface area (Å²) in [5.41, 5.74) is 5.27. The Balaban J connectivity index is 3.28. The fourth-order valence-electron chi connectivity index (χ4n) is 1.28. The molecule has 0 saturated carbocycles. The summed E-state index contributed by atoms with van der Waals surface area (Å²) >= 11 is 15.0. The molecule has 0 saturated heterocycles. The molecule has 0 aliphatic heterocycles. The number of rotatable bonds is 4. The average molecular weight is 391 g/mol. The number of amidine groups is 1. The summed E-state index contributed by atoms with van der Waals surface area (Å²) in [4.78, 5) is -0.229. The van der Waals surface area contributed by atoms with E-state index in [2.05, 4.69) is 21.1 Å². The topological polar surface area (TPSA) is 96.0 Å². The normalized spacial score (nSPS) is 13.0. The van der Waals surface area contributed by atoms with Crippen LogP contribution in [-0.2, 0) is 10.0 Å². The van der Waals surface area contributed by atoms with Gasteiger partial charge in [-0.2, -0.15) is 4.31 Å². The molecule has 0 unspecified atom stereocenters. The second-order valence-electron chi connectivity index (χ2n) is 3.55. The molecule has 0 aliphatic rings. The summed E-state index contributed by atoms with van der Waals surface area (Å²) < 4.78 is 26.0. The highest BCUT2D eigenvalue weighted by Crippen LogP contribution is 2.34. The van der Waals surface area contributed by atoms with Gasteiger partial charge in [-0.3, -0.25) is 0 Å². The van der Waals surface area contributed by atoms with Crippen LogP contribution in [0.1, 0.15) is 0 Å². The quantitative estimate of drug-likeness (QED) is 0.356. The molecule has 0 radical (unpaired) electrons. The first-order valence-electron chi connectivity index (χ1n) is 4.77. The zero-order chi connectivity index (χ0) is 14.8. The SMILES string of the molecule is CN(CC(N)=NO)S(=O)(=O)c1c(Cl)cc(Br)cc1Cl. The first kappa shape index (κ1) is 16.5. The highest BCUT2D eigenvalue weighted by molar-refractivity contribution is 9.10. The van der Waals surface area contributed by atoms with Crippen molar-refractivity contribution in [2.75, 3.05) is 13.6 Å². The summed E-state index contributed by atoms with van der Waals surface area (Å²) in [5, 5.41) is 11.1.